The molecule has 1 saturated heterocycles. The van der Waals surface area contributed by atoms with E-state index in [-0.39, 0.29) is 0 Å². The Morgan fingerprint density at radius 1 is 1.27 bits per heavy atom. The number of benzene rings is 1. The first-order chi connectivity index (χ1) is 7.34. The number of nitrogens with one attached hydrogen (secondary N) is 2. The van der Waals surface area contributed by atoms with Crippen molar-refractivity contribution in [2.45, 2.75) is 38.4 Å². The van der Waals surface area contributed by atoms with Gasteiger partial charge in [-0.05, 0) is 25.3 Å². The van der Waals surface area contributed by atoms with Crippen LogP contribution in [0.15, 0.2) is 30.3 Å². The number of hydrogen-bond donors (Lipinski definition) is 2. The van der Waals surface area contributed by atoms with Crippen molar-refractivity contribution < 1.29 is 0 Å². The molecule has 0 amide bonds. The van der Waals surface area contributed by atoms with Crippen LogP contribution in [-0.2, 0) is 6.54 Å². The molecule has 1 fully saturated rings. The van der Waals surface area contributed by atoms with Crippen molar-refractivity contribution in [3.05, 3.63) is 35.9 Å². The lowest BCUT2D eigenvalue weighted by atomic mass is 10.0. The molecular weight excluding hydrogens is 184 g/mol. The van der Waals surface area contributed by atoms with Gasteiger partial charge in [0.1, 0.15) is 0 Å². The zero-order valence-corrected chi connectivity index (χ0v) is 9.37. The minimum atomic E-state index is 0.640. The molecule has 0 aromatic heterocycles. The fourth-order valence-electron chi connectivity index (χ4n) is 2.03. The molecule has 0 spiro atoms. The average Bonchev–Trinajstić information content (AvgIpc) is 2.30. The van der Waals surface area contributed by atoms with Gasteiger partial charge in [0.2, 0.25) is 0 Å². The van der Waals surface area contributed by atoms with Crippen LogP contribution < -0.4 is 10.6 Å². The SMILES string of the molecule is CC1CCC(NCc2ccccc2)CN1. The highest BCUT2D eigenvalue weighted by molar-refractivity contribution is 5.14. The standard InChI is InChI=1S/C13H20N2/c1-11-7-8-13(10-14-11)15-9-12-5-3-2-4-6-12/h2-6,11,13-15H,7-10H2,1H3. The second-order valence-corrected chi connectivity index (χ2v) is 4.45. The van der Waals surface area contributed by atoms with E-state index < -0.39 is 0 Å². The zero-order chi connectivity index (χ0) is 10.5. The molecule has 2 rings (SSSR count). The first kappa shape index (κ1) is 10.7. The van der Waals surface area contributed by atoms with Crippen molar-refractivity contribution in [1.82, 2.24) is 10.6 Å². The van der Waals surface area contributed by atoms with Crippen LogP contribution in [0.1, 0.15) is 25.3 Å². The maximum Gasteiger partial charge on any atom is 0.0208 e. The van der Waals surface area contributed by atoms with Gasteiger partial charge >= 0.3 is 0 Å². The fraction of sp³-hybridized carbons (Fsp3) is 0.538. The molecule has 0 bridgehead atoms. The molecule has 2 atom stereocenters. The van der Waals surface area contributed by atoms with Crippen LogP contribution in [0.25, 0.3) is 0 Å². The summed E-state index contributed by atoms with van der Waals surface area (Å²) in [6.45, 7) is 4.35. The molecule has 0 radical (unpaired) electrons. The lowest BCUT2D eigenvalue weighted by Gasteiger charge is -2.28. The molecule has 15 heavy (non-hydrogen) atoms. The van der Waals surface area contributed by atoms with Gasteiger partial charge in [-0.3, -0.25) is 0 Å². The molecule has 82 valence electrons. The van der Waals surface area contributed by atoms with Gasteiger partial charge in [0.05, 0.1) is 0 Å². The smallest absolute Gasteiger partial charge is 0.0208 e. The van der Waals surface area contributed by atoms with Gasteiger partial charge in [0, 0.05) is 25.2 Å². The van der Waals surface area contributed by atoms with Gasteiger partial charge in [-0.1, -0.05) is 30.3 Å². The third-order valence-corrected chi connectivity index (χ3v) is 3.10. The topological polar surface area (TPSA) is 24.1 Å². The first-order valence-corrected chi connectivity index (χ1v) is 5.85. The summed E-state index contributed by atoms with van der Waals surface area (Å²) in [5.74, 6) is 0. The van der Waals surface area contributed by atoms with Crippen molar-refractivity contribution in [3.63, 3.8) is 0 Å². The Morgan fingerprint density at radius 3 is 2.73 bits per heavy atom. The van der Waals surface area contributed by atoms with Gasteiger partial charge in [-0.2, -0.15) is 0 Å². The van der Waals surface area contributed by atoms with Crippen LogP contribution in [0.3, 0.4) is 0 Å². The van der Waals surface area contributed by atoms with E-state index in [1.807, 2.05) is 0 Å². The minimum Gasteiger partial charge on any atom is -0.313 e. The van der Waals surface area contributed by atoms with Gasteiger partial charge in [-0.15, -0.1) is 0 Å². The van der Waals surface area contributed by atoms with Crippen LogP contribution in [0.5, 0.6) is 0 Å². The molecule has 2 heteroatoms. The summed E-state index contributed by atoms with van der Waals surface area (Å²) >= 11 is 0. The highest BCUT2D eigenvalue weighted by atomic mass is 15.0. The molecule has 2 N–H and O–H groups in total. The Bertz CT molecular complexity index is 276. The van der Waals surface area contributed by atoms with Gasteiger partial charge in [0.25, 0.3) is 0 Å². The number of rotatable bonds is 3. The Balaban J connectivity index is 1.74. The van der Waals surface area contributed by atoms with Crippen molar-refractivity contribution in [2.24, 2.45) is 0 Å². The number of piperidine rings is 1. The lowest BCUT2D eigenvalue weighted by Crippen LogP contribution is -2.46. The Morgan fingerprint density at radius 2 is 2.07 bits per heavy atom. The summed E-state index contributed by atoms with van der Waals surface area (Å²) in [5.41, 5.74) is 1.37. The van der Waals surface area contributed by atoms with E-state index in [9.17, 15) is 0 Å². The maximum absolute atomic E-state index is 3.60. The largest absolute Gasteiger partial charge is 0.313 e. The lowest BCUT2D eigenvalue weighted by molar-refractivity contribution is 0.338. The molecule has 2 nitrogen and oxygen atoms in total. The molecule has 1 aromatic rings. The average molecular weight is 204 g/mol. The monoisotopic (exact) mass is 204 g/mol. The van der Waals surface area contributed by atoms with E-state index in [0.29, 0.717) is 12.1 Å². The van der Waals surface area contributed by atoms with Crippen LogP contribution in [0.4, 0.5) is 0 Å². The highest BCUT2D eigenvalue weighted by Crippen LogP contribution is 2.08. The van der Waals surface area contributed by atoms with Crippen molar-refractivity contribution >= 4 is 0 Å². The molecule has 0 aliphatic carbocycles. The molecule has 1 aromatic carbocycles. The predicted molar refractivity (Wildman–Crippen MR) is 63.8 cm³/mol. The molecule has 1 heterocycles. The zero-order valence-electron chi connectivity index (χ0n) is 9.37. The van der Waals surface area contributed by atoms with E-state index in [4.69, 9.17) is 0 Å². The quantitative estimate of drug-likeness (QED) is 0.786. The van der Waals surface area contributed by atoms with Gasteiger partial charge in [0.15, 0.2) is 0 Å². The third kappa shape index (κ3) is 3.33. The third-order valence-electron chi connectivity index (χ3n) is 3.10. The van der Waals surface area contributed by atoms with E-state index in [2.05, 4.69) is 47.9 Å². The Hall–Kier alpha value is -0.860. The second kappa shape index (κ2) is 5.29. The molecular formula is C13H20N2. The summed E-state index contributed by atoms with van der Waals surface area (Å²) in [5, 5.41) is 7.10. The fourth-order valence-corrected chi connectivity index (χ4v) is 2.03. The predicted octanol–water partition coefficient (Wildman–Crippen LogP) is 1.92. The van der Waals surface area contributed by atoms with E-state index in [1.54, 1.807) is 0 Å². The van der Waals surface area contributed by atoms with Gasteiger partial charge < -0.3 is 10.6 Å². The first-order valence-electron chi connectivity index (χ1n) is 5.85. The normalized spacial score (nSPS) is 26.5. The van der Waals surface area contributed by atoms with Crippen LogP contribution in [-0.4, -0.2) is 18.6 Å². The number of hydrogen-bond acceptors (Lipinski definition) is 2. The summed E-state index contributed by atoms with van der Waals surface area (Å²) in [7, 11) is 0. The summed E-state index contributed by atoms with van der Waals surface area (Å²) in [6.07, 6.45) is 2.58. The van der Waals surface area contributed by atoms with Crippen molar-refractivity contribution in [2.75, 3.05) is 6.54 Å². The van der Waals surface area contributed by atoms with Gasteiger partial charge in [-0.25, -0.2) is 0 Å². The van der Waals surface area contributed by atoms with Crippen molar-refractivity contribution in [3.8, 4) is 0 Å². The molecule has 1 aliphatic rings. The Kier molecular flexibility index (Phi) is 3.75. The maximum atomic E-state index is 3.60. The van der Waals surface area contributed by atoms with Crippen LogP contribution >= 0.6 is 0 Å². The molecule has 0 saturated carbocycles. The second-order valence-electron chi connectivity index (χ2n) is 4.45. The van der Waals surface area contributed by atoms with E-state index in [0.717, 1.165) is 13.1 Å². The Labute approximate surface area is 92.1 Å². The van der Waals surface area contributed by atoms with Crippen LogP contribution in [0, 0.1) is 0 Å². The van der Waals surface area contributed by atoms with Crippen molar-refractivity contribution in [1.29, 1.82) is 0 Å². The van der Waals surface area contributed by atoms with E-state index in [1.165, 1.54) is 18.4 Å². The summed E-state index contributed by atoms with van der Waals surface area (Å²) in [4.78, 5) is 0. The minimum absolute atomic E-state index is 0.640. The summed E-state index contributed by atoms with van der Waals surface area (Å²) in [6, 6.07) is 11.9. The summed E-state index contributed by atoms with van der Waals surface area (Å²) < 4.78 is 0. The molecule has 2 unspecified atom stereocenters. The van der Waals surface area contributed by atoms with E-state index >= 15 is 0 Å². The highest BCUT2D eigenvalue weighted by Gasteiger charge is 2.16. The molecule has 1 aliphatic heterocycles. The van der Waals surface area contributed by atoms with Crippen LogP contribution in [0.2, 0.25) is 0 Å².